The van der Waals surface area contributed by atoms with E-state index in [1.165, 1.54) is 11.3 Å². The van der Waals surface area contributed by atoms with Crippen LogP contribution in [-0.4, -0.2) is 18.4 Å². The van der Waals surface area contributed by atoms with Gasteiger partial charge in [-0.05, 0) is 59.7 Å². The third-order valence-electron chi connectivity index (χ3n) is 5.05. The predicted molar refractivity (Wildman–Crippen MR) is 114 cm³/mol. The molecule has 0 saturated carbocycles. The molecule has 0 unspecified atom stereocenters. The largest absolute Gasteiger partial charge is 0.492 e. The lowest BCUT2D eigenvalue weighted by Gasteiger charge is -2.25. The lowest BCUT2D eigenvalue weighted by Crippen LogP contribution is -2.37. The molecule has 0 saturated heterocycles. The molecule has 1 aliphatic rings. The van der Waals surface area contributed by atoms with Gasteiger partial charge in [-0.15, -0.1) is 11.3 Å². The number of fused-ring (bicyclic) bond motifs is 1. The van der Waals surface area contributed by atoms with Crippen LogP contribution in [0, 0.1) is 12.8 Å². The molecule has 6 heteroatoms. The monoisotopic (exact) mass is 406 g/mol. The molecule has 1 atom stereocenters. The summed E-state index contributed by atoms with van der Waals surface area (Å²) in [7, 11) is 0. The van der Waals surface area contributed by atoms with Crippen molar-refractivity contribution in [1.82, 2.24) is 5.32 Å². The minimum absolute atomic E-state index is 0.0214. The summed E-state index contributed by atoms with van der Waals surface area (Å²) in [6.45, 7) is 2.90. The van der Waals surface area contributed by atoms with Gasteiger partial charge in [0.25, 0.3) is 5.91 Å². The summed E-state index contributed by atoms with van der Waals surface area (Å²) in [6, 6.07) is 17.2. The lowest BCUT2D eigenvalue weighted by molar-refractivity contribution is -0.126. The van der Waals surface area contributed by atoms with Crippen molar-refractivity contribution in [1.29, 1.82) is 0 Å². The Labute approximate surface area is 173 Å². The van der Waals surface area contributed by atoms with Gasteiger partial charge in [-0.2, -0.15) is 0 Å². The molecule has 2 heterocycles. The SMILES string of the molecule is Cc1ccccc1CNC(=O)[C@H]1COc2ccc(NC(=O)c3cccs3)cc2C1. The summed E-state index contributed by atoms with van der Waals surface area (Å²) >= 11 is 1.40. The molecule has 2 amide bonds. The molecule has 0 spiro atoms. The summed E-state index contributed by atoms with van der Waals surface area (Å²) in [5.41, 5.74) is 3.89. The van der Waals surface area contributed by atoms with Crippen LogP contribution in [0.15, 0.2) is 60.0 Å². The average molecular weight is 407 g/mol. The molecular formula is C23H22N2O3S. The zero-order valence-corrected chi connectivity index (χ0v) is 16.9. The molecule has 29 heavy (non-hydrogen) atoms. The molecule has 3 aromatic rings. The summed E-state index contributed by atoms with van der Waals surface area (Å²) in [5.74, 6) is 0.355. The number of aryl methyl sites for hydroxylation is 1. The van der Waals surface area contributed by atoms with Crippen LogP contribution in [0.4, 0.5) is 5.69 Å². The van der Waals surface area contributed by atoms with Gasteiger partial charge in [0.05, 0.1) is 10.8 Å². The second-order valence-electron chi connectivity index (χ2n) is 7.11. The fourth-order valence-corrected chi connectivity index (χ4v) is 4.00. The van der Waals surface area contributed by atoms with Crippen molar-refractivity contribution in [3.05, 3.63) is 81.5 Å². The van der Waals surface area contributed by atoms with E-state index in [0.29, 0.717) is 30.1 Å². The molecule has 2 aromatic carbocycles. The highest BCUT2D eigenvalue weighted by atomic mass is 32.1. The first-order chi connectivity index (χ1) is 14.1. The van der Waals surface area contributed by atoms with Gasteiger partial charge in [0.1, 0.15) is 12.4 Å². The van der Waals surface area contributed by atoms with Crippen molar-refractivity contribution in [2.24, 2.45) is 5.92 Å². The van der Waals surface area contributed by atoms with Crippen molar-refractivity contribution in [2.75, 3.05) is 11.9 Å². The number of ether oxygens (including phenoxy) is 1. The summed E-state index contributed by atoms with van der Waals surface area (Å²) < 4.78 is 5.79. The third-order valence-corrected chi connectivity index (χ3v) is 5.92. The van der Waals surface area contributed by atoms with Gasteiger partial charge < -0.3 is 15.4 Å². The first kappa shape index (κ1) is 19.2. The van der Waals surface area contributed by atoms with Crippen LogP contribution in [0.25, 0.3) is 0 Å². The van der Waals surface area contributed by atoms with Crippen molar-refractivity contribution < 1.29 is 14.3 Å². The van der Waals surface area contributed by atoms with Crippen LogP contribution < -0.4 is 15.4 Å². The van der Waals surface area contributed by atoms with Crippen molar-refractivity contribution in [3.63, 3.8) is 0 Å². The van der Waals surface area contributed by atoms with Crippen molar-refractivity contribution >= 4 is 28.8 Å². The quantitative estimate of drug-likeness (QED) is 0.668. The molecule has 148 valence electrons. The average Bonchev–Trinajstić information content (AvgIpc) is 3.27. The van der Waals surface area contributed by atoms with Crippen LogP contribution in [-0.2, 0) is 17.8 Å². The Morgan fingerprint density at radius 1 is 1.14 bits per heavy atom. The van der Waals surface area contributed by atoms with E-state index >= 15 is 0 Å². The van der Waals surface area contributed by atoms with Crippen LogP contribution in [0.2, 0.25) is 0 Å². The van der Waals surface area contributed by atoms with Crippen molar-refractivity contribution in [3.8, 4) is 5.75 Å². The zero-order chi connectivity index (χ0) is 20.2. The fourth-order valence-electron chi connectivity index (χ4n) is 3.38. The Hall–Kier alpha value is -3.12. The molecular weight excluding hydrogens is 384 g/mol. The standard InChI is InChI=1S/C23H22N2O3S/c1-15-5-2-3-6-16(15)13-24-22(26)18-11-17-12-19(8-9-20(17)28-14-18)25-23(27)21-7-4-10-29-21/h2-10,12,18H,11,13-14H2,1H3,(H,24,26)(H,25,27)/t18-/m1/s1. The van der Waals surface area contributed by atoms with E-state index < -0.39 is 0 Å². The van der Waals surface area contributed by atoms with Gasteiger partial charge in [0, 0.05) is 12.2 Å². The van der Waals surface area contributed by atoms with Gasteiger partial charge in [0.15, 0.2) is 0 Å². The molecule has 2 N–H and O–H groups in total. The molecule has 1 aliphatic heterocycles. The highest BCUT2D eigenvalue weighted by molar-refractivity contribution is 7.12. The molecule has 0 fully saturated rings. The molecule has 0 bridgehead atoms. The van der Waals surface area contributed by atoms with Gasteiger partial charge in [0.2, 0.25) is 5.91 Å². The van der Waals surface area contributed by atoms with Crippen LogP contribution >= 0.6 is 11.3 Å². The first-order valence-electron chi connectivity index (χ1n) is 9.53. The maximum absolute atomic E-state index is 12.7. The minimum Gasteiger partial charge on any atom is -0.492 e. The summed E-state index contributed by atoms with van der Waals surface area (Å²) in [4.78, 5) is 25.6. The number of hydrogen-bond acceptors (Lipinski definition) is 4. The van der Waals surface area contributed by atoms with E-state index in [2.05, 4.69) is 10.6 Å². The van der Waals surface area contributed by atoms with E-state index in [-0.39, 0.29) is 17.7 Å². The van der Waals surface area contributed by atoms with E-state index in [1.807, 2.05) is 60.8 Å². The van der Waals surface area contributed by atoms with Gasteiger partial charge in [-0.25, -0.2) is 0 Å². The molecule has 1 aromatic heterocycles. The lowest BCUT2D eigenvalue weighted by atomic mass is 9.95. The Bertz CT molecular complexity index is 1030. The minimum atomic E-state index is -0.255. The highest BCUT2D eigenvalue weighted by Crippen LogP contribution is 2.30. The Balaban J connectivity index is 1.40. The van der Waals surface area contributed by atoms with E-state index in [1.54, 1.807) is 6.07 Å². The van der Waals surface area contributed by atoms with Crippen molar-refractivity contribution in [2.45, 2.75) is 19.9 Å². The number of hydrogen-bond donors (Lipinski definition) is 2. The predicted octanol–water partition coefficient (Wildman–Crippen LogP) is 4.18. The maximum Gasteiger partial charge on any atom is 0.265 e. The second-order valence-corrected chi connectivity index (χ2v) is 8.06. The molecule has 0 aliphatic carbocycles. The van der Waals surface area contributed by atoms with Crippen LogP contribution in [0.1, 0.15) is 26.4 Å². The number of nitrogens with one attached hydrogen (secondary N) is 2. The summed E-state index contributed by atoms with van der Waals surface area (Å²) in [6.07, 6.45) is 0.581. The second kappa shape index (κ2) is 8.49. The maximum atomic E-state index is 12.7. The molecule has 5 nitrogen and oxygen atoms in total. The van der Waals surface area contributed by atoms with Crippen LogP contribution in [0.3, 0.4) is 0 Å². The number of anilines is 1. The molecule has 4 rings (SSSR count). The Morgan fingerprint density at radius 2 is 2.00 bits per heavy atom. The normalized spacial score (nSPS) is 15.1. The smallest absolute Gasteiger partial charge is 0.265 e. The Morgan fingerprint density at radius 3 is 2.79 bits per heavy atom. The number of rotatable bonds is 5. The van der Waals surface area contributed by atoms with E-state index in [0.717, 1.165) is 22.4 Å². The van der Waals surface area contributed by atoms with Gasteiger partial charge >= 0.3 is 0 Å². The Kier molecular flexibility index (Phi) is 5.62. The molecule has 0 radical (unpaired) electrons. The first-order valence-corrected chi connectivity index (χ1v) is 10.4. The number of benzene rings is 2. The fraction of sp³-hybridized carbons (Fsp3) is 0.217. The van der Waals surface area contributed by atoms with E-state index in [9.17, 15) is 9.59 Å². The van der Waals surface area contributed by atoms with E-state index in [4.69, 9.17) is 4.74 Å². The summed E-state index contributed by atoms with van der Waals surface area (Å²) in [5, 5.41) is 7.80. The van der Waals surface area contributed by atoms with Gasteiger partial charge in [-0.1, -0.05) is 30.3 Å². The van der Waals surface area contributed by atoms with Crippen LogP contribution in [0.5, 0.6) is 5.75 Å². The number of thiophene rings is 1. The topological polar surface area (TPSA) is 67.4 Å². The third kappa shape index (κ3) is 4.49. The van der Waals surface area contributed by atoms with Gasteiger partial charge in [-0.3, -0.25) is 9.59 Å². The zero-order valence-electron chi connectivity index (χ0n) is 16.1. The highest BCUT2D eigenvalue weighted by Gasteiger charge is 2.26. The number of carbonyl (C=O) groups is 2. The number of carbonyl (C=O) groups excluding carboxylic acids is 2. The number of amides is 2.